The fourth-order valence-corrected chi connectivity index (χ4v) is 9.55. The monoisotopic (exact) mass is 775 g/mol. The number of para-hydroxylation sites is 2. The summed E-state index contributed by atoms with van der Waals surface area (Å²) in [6.07, 6.45) is 4.07. The van der Waals surface area contributed by atoms with Gasteiger partial charge in [-0.25, -0.2) is 9.97 Å². The molecule has 0 spiro atoms. The highest BCUT2D eigenvalue weighted by Crippen LogP contribution is 2.34. The molecule has 10 nitrogen and oxygen atoms in total. The van der Waals surface area contributed by atoms with Gasteiger partial charge in [-0.15, -0.1) is 0 Å². The van der Waals surface area contributed by atoms with Crippen molar-refractivity contribution >= 4 is 55.0 Å². The van der Waals surface area contributed by atoms with Crippen LogP contribution >= 0.6 is 22.7 Å². The van der Waals surface area contributed by atoms with Gasteiger partial charge in [0.1, 0.15) is 11.5 Å². The Morgan fingerprint density at radius 2 is 1.29 bits per heavy atom. The number of rotatable bonds is 14. The number of aliphatic carboxylic acids is 1. The predicted octanol–water partition coefficient (Wildman–Crippen LogP) is 8.52. The van der Waals surface area contributed by atoms with Crippen molar-refractivity contribution in [2.45, 2.75) is 51.1 Å². The summed E-state index contributed by atoms with van der Waals surface area (Å²) < 4.78 is 14.3. The summed E-state index contributed by atoms with van der Waals surface area (Å²) in [6.45, 7) is 4.17. The molecule has 2 aromatic heterocycles. The molecule has 8 rings (SSSR count). The van der Waals surface area contributed by atoms with Gasteiger partial charge in [-0.2, -0.15) is 0 Å². The third-order valence-electron chi connectivity index (χ3n) is 10.9. The summed E-state index contributed by atoms with van der Waals surface area (Å²) in [5, 5.41) is 18.3. The van der Waals surface area contributed by atoms with Crippen molar-refractivity contribution < 1.29 is 24.2 Å². The number of hydrogen-bond donors (Lipinski definition) is 3. The Morgan fingerprint density at radius 3 is 1.84 bits per heavy atom. The molecule has 1 amide bonds. The second-order valence-corrected chi connectivity index (χ2v) is 16.6. The van der Waals surface area contributed by atoms with Crippen LogP contribution in [0.4, 0.5) is 0 Å². The van der Waals surface area contributed by atoms with Gasteiger partial charge in [0.05, 0.1) is 26.4 Å². The van der Waals surface area contributed by atoms with Crippen LogP contribution in [0.1, 0.15) is 43.2 Å². The quantitative estimate of drug-likeness (QED) is 0.0999. The van der Waals surface area contributed by atoms with Crippen molar-refractivity contribution in [3.8, 4) is 21.9 Å². The molecule has 2 atom stereocenters. The lowest BCUT2D eigenvalue weighted by Crippen LogP contribution is -2.47. The molecule has 4 heterocycles. The van der Waals surface area contributed by atoms with Crippen LogP contribution in [0.5, 0.6) is 21.9 Å². The van der Waals surface area contributed by atoms with Crippen molar-refractivity contribution in [1.82, 2.24) is 25.5 Å². The highest BCUT2D eigenvalue weighted by atomic mass is 32.1. The molecule has 4 aromatic carbocycles. The Kier molecular flexibility index (Phi) is 11.6. The fourth-order valence-electron chi connectivity index (χ4n) is 7.88. The van der Waals surface area contributed by atoms with Crippen molar-refractivity contribution in [1.29, 1.82) is 0 Å². The Hall–Kier alpha value is -4.88. The minimum Gasteiger partial charge on any atom is -0.481 e. The third kappa shape index (κ3) is 9.50. The molecule has 2 aliphatic heterocycles. The van der Waals surface area contributed by atoms with E-state index in [-0.39, 0.29) is 24.3 Å². The van der Waals surface area contributed by atoms with Gasteiger partial charge in [0.15, 0.2) is 0 Å². The Balaban J connectivity index is 0.834. The lowest BCUT2D eigenvalue weighted by Gasteiger charge is -2.35. The van der Waals surface area contributed by atoms with E-state index in [1.54, 1.807) is 0 Å². The number of thiazole rings is 2. The average molecular weight is 776 g/mol. The van der Waals surface area contributed by atoms with Gasteiger partial charge in [0.2, 0.25) is 5.91 Å². The zero-order chi connectivity index (χ0) is 37.6. The van der Waals surface area contributed by atoms with Crippen LogP contribution < -0.4 is 20.1 Å². The van der Waals surface area contributed by atoms with E-state index >= 15 is 0 Å². The highest BCUT2D eigenvalue weighted by molar-refractivity contribution is 7.20. The number of carboxylic acid groups (broad SMARTS) is 1. The Bertz CT molecular complexity index is 2140. The molecule has 2 aliphatic rings. The number of piperidine rings is 2. The third-order valence-corrected chi connectivity index (χ3v) is 12.7. The number of amides is 1. The van der Waals surface area contributed by atoms with Crippen LogP contribution in [0.25, 0.3) is 20.4 Å². The van der Waals surface area contributed by atoms with E-state index < -0.39 is 11.9 Å². The number of carboxylic acids is 1. The van der Waals surface area contributed by atoms with Crippen molar-refractivity contribution in [2.75, 3.05) is 26.2 Å². The van der Waals surface area contributed by atoms with Crippen LogP contribution in [0.2, 0.25) is 0 Å². The molecule has 0 radical (unpaired) electrons. The molecule has 2 unspecified atom stereocenters. The fraction of sp³-hybridized carbons (Fsp3) is 0.349. The molecule has 6 aromatic rings. The van der Waals surface area contributed by atoms with E-state index in [0.717, 1.165) is 90.2 Å². The van der Waals surface area contributed by atoms with Gasteiger partial charge in [-0.3, -0.25) is 14.5 Å². The number of nitrogens with zero attached hydrogens (tertiary/aromatic N) is 3. The molecule has 12 heteroatoms. The predicted molar refractivity (Wildman–Crippen MR) is 217 cm³/mol. The molecule has 0 aliphatic carbocycles. The van der Waals surface area contributed by atoms with Crippen molar-refractivity contribution in [3.05, 3.63) is 108 Å². The number of ether oxygens (including phenoxy) is 2. The molecule has 3 N–H and O–H groups in total. The Labute approximate surface area is 328 Å². The first-order valence-electron chi connectivity index (χ1n) is 19.1. The summed E-state index contributed by atoms with van der Waals surface area (Å²) in [5.74, 6) is -0.0661. The lowest BCUT2D eigenvalue weighted by atomic mass is 9.81. The summed E-state index contributed by atoms with van der Waals surface area (Å²) in [4.78, 5) is 37.7. The van der Waals surface area contributed by atoms with Crippen LogP contribution in [0.15, 0.2) is 97.1 Å². The van der Waals surface area contributed by atoms with E-state index in [4.69, 9.17) is 9.47 Å². The molecule has 0 bridgehead atoms. The first-order valence-corrected chi connectivity index (χ1v) is 20.7. The van der Waals surface area contributed by atoms with Crippen LogP contribution in [-0.2, 0) is 22.6 Å². The van der Waals surface area contributed by atoms with Crippen molar-refractivity contribution in [3.63, 3.8) is 0 Å². The lowest BCUT2D eigenvalue weighted by molar-refractivity contribution is -0.147. The van der Waals surface area contributed by atoms with Crippen molar-refractivity contribution in [2.24, 2.45) is 17.8 Å². The minimum atomic E-state index is -0.889. The number of carbonyl (C=O) groups excluding carboxylic acids is 1. The van der Waals surface area contributed by atoms with Gasteiger partial charge in [-0.05, 0) is 130 Å². The van der Waals surface area contributed by atoms with Crippen LogP contribution in [-0.4, -0.2) is 64.1 Å². The Morgan fingerprint density at radius 1 is 0.745 bits per heavy atom. The number of carbonyl (C=O) groups is 2. The standard InChI is InChI=1S/C43H45N5O5S2/c49-40(45-37(31-17-21-44-22-18-31)25-28-9-13-32(14-10-28)52-42-46-35-5-1-3-7-38(35)54-42)26-34(41(50)51)30-19-23-48(24-20-30)27-29-11-15-33(16-12-29)53-43-47-36-6-2-4-8-39(36)55-43/h1-16,30-31,34,37,44H,17-27H2,(H,45,49)(H,50,51). The number of benzene rings is 4. The molecule has 55 heavy (non-hydrogen) atoms. The maximum absolute atomic E-state index is 13.6. The van der Waals surface area contributed by atoms with E-state index in [0.29, 0.717) is 28.5 Å². The largest absolute Gasteiger partial charge is 0.481 e. The second-order valence-electron chi connectivity index (χ2n) is 14.6. The molecule has 2 saturated heterocycles. The minimum absolute atomic E-state index is 0.00740. The topological polar surface area (TPSA) is 126 Å². The number of nitrogens with one attached hydrogen (secondary N) is 2. The van der Waals surface area contributed by atoms with E-state index in [9.17, 15) is 14.7 Å². The molecule has 0 saturated carbocycles. The SMILES string of the molecule is O=C(CC(C(=O)O)C1CCN(Cc2ccc(Oc3nc4ccccc4s3)cc2)CC1)NC(Cc1ccc(Oc2nc3ccccc3s2)cc1)C1CCNCC1. The maximum atomic E-state index is 13.6. The average Bonchev–Trinajstić information content (AvgIpc) is 3.82. The summed E-state index contributed by atoms with van der Waals surface area (Å²) in [5.41, 5.74) is 4.11. The zero-order valence-corrected chi connectivity index (χ0v) is 32.2. The normalized spacial score (nSPS) is 16.9. The maximum Gasteiger partial charge on any atom is 0.307 e. The van der Waals surface area contributed by atoms with E-state index in [1.807, 2.05) is 84.9 Å². The van der Waals surface area contributed by atoms with E-state index in [2.05, 4.69) is 37.6 Å². The molecular weight excluding hydrogens is 731 g/mol. The number of fused-ring (bicyclic) bond motifs is 2. The van der Waals surface area contributed by atoms with E-state index in [1.165, 1.54) is 28.2 Å². The highest BCUT2D eigenvalue weighted by Gasteiger charge is 2.34. The summed E-state index contributed by atoms with van der Waals surface area (Å²) in [6, 6.07) is 32.0. The van der Waals surface area contributed by atoms with Gasteiger partial charge < -0.3 is 25.2 Å². The first kappa shape index (κ1) is 37.1. The number of aromatic nitrogens is 2. The molecular formula is C43H45N5O5S2. The zero-order valence-electron chi connectivity index (χ0n) is 30.6. The number of likely N-dealkylation sites (tertiary alicyclic amines) is 1. The summed E-state index contributed by atoms with van der Waals surface area (Å²) in [7, 11) is 0. The second kappa shape index (κ2) is 17.3. The van der Waals surface area contributed by atoms with Gasteiger partial charge in [0.25, 0.3) is 10.4 Å². The van der Waals surface area contributed by atoms with Gasteiger partial charge >= 0.3 is 5.97 Å². The van der Waals surface area contributed by atoms with Gasteiger partial charge in [0, 0.05) is 19.0 Å². The molecule has 284 valence electrons. The van der Waals surface area contributed by atoms with Crippen LogP contribution in [0.3, 0.4) is 0 Å². The molecule has 2 fully saturated rings. The number of hydrogen-bond acceptors (Lipinski definition) is 10. The first-order chi connectivity index (χ1) is 26.9. The smallest absolute Gasteiger partial charge is 0.307 e. The summed E-state index contributed by atoms with van der Waals surface area (Å²) >= 11 is 3.04. The van der Waals surface area contributed by atoms with Crippen LogP contribution in [0, 0.1) is 17.8 Å². The van der Waals surface area contributed by atoms with Gasteiger partial charge in [-0.1, -0.05) is 71.2 Å².